The van der Waals surface area contributed by atoms with E-state index in [4.69, 9.17) is 0 Å². The molecule has 1 heterocycles. The van der Waals surface area contributed by atoms with Gasteiger partial charge in [0.05, 0.1) is 5.69 Å². The van der Waals surface area contributed by atoms with E-state index in [2.05, 4.69) is 26.6 Å². The van der Waals surface area contributed by atoms with Crippen molar-refractivity contribution in [1.29, 1.82) is 0 Å². The number of carbonyl (C=O) groups is 2. The number of urea groups is 1. The highest BCUT2D eigenvalue weighted by Gasteiger charge is 2.25. The summed E-state index contributed by atoms with van der Waals surface area (Å²) in [6.07, 6.45) is 1.47. The van der Waals surface area contributed by atoms with Crippen LogP contribution >= 0.6 is 15.9 Å². The number of piperidine rings is 1. The average Bonchev–Trinajstić information content (AvgIpc) is 2.50. The predicted molar refractivity (Wildman–Crippen MR) is 90.7 cm³/mol. The van der Waals surface area contributed by atoms with Crippen molar-refractivity contribution in [2.45, 2.75) is 32.7 Å². The van der Waals surface area contributed by atoms with E-state index in [1.165, 1.54) is 18.2 Å². The van der Waals surface area contributed by atoms with Crippen molar-refractivity contribution in [2.75, 3.05) is 18.4 Å². The normalized spacial score (nSPS) is 15.6. The minimum absolute atomic E-state index is 0.00126. The third-order valence-electron chi connectivity index (χ3n) is 3.82. The van der Waals surface area contributed by atoms with Crippen LogP contribution in [0.1, 0.15) is 26.7 Å². The van der Waals surface area contributed by atoms with Gasteiger partial charge in [-0.05, 0) is 47.0 Å². The van der Waals surface area contributed by atoms with Crippen molar-refractivity contribution in [3.63, 3.8) is 0 Å². The van der Waals surface area contributed by atoms with Gasteiger partial charge in [-0.15, -0.1) is 0 Å². The third-order valence-corrected chi connectivity index (χ3v) is 4.47. The molecule has 0 saturated carbocycles. The average molecular weight is 386 g/mol. The van der Waals surface area contributed by atoms with Crippen molar-refractivity contribution in [3.05, 3.63) is 28.5 Å². The molecule has 1 aromatic rings. The van der Waals surface area contributed by atoms with Crippen LogP contribution in [-0.2, 0) is 4.79 Å². The van der Waals surface area contributed by atoms with Crippen LogP contribution in [0.2, 0.25) is 0 Å². The van der Waals surface area contributed by atoms with Gasteiger partial charge in [0.15, 0.2) is 0 Å². The van der Waals surface area contributed by atoms with E-state index < -0.39 is 0 Å². The first-order chi connectivity index (χ1) is 10.9. The summed E-state index contributed by atoms with van der Waals surface area (Å²) < 4.78 is 13.5. The summed E-state index contributed by atoms with van der Waals surface area (Å²) in [4.78, 5) is 25.8. The van der Waals surface area contributed by atoms with Gasteiger partial charge in [0.1, 0.15) is 5.82 Å². The van der Waals surface area contributed by atoms with Gasteiger partial charge in [-0.2, -0.15) is 0 Å². The summed E-state index contributed by atoms with van der Waals surface area (Å²) in [7, 11) is 0. The second kappa shape index (κ2) is 7.77. The molecule has 1 fully saturated rings. The number of hydrogen-bond acceptors (Lipinski definition) is 2. The Kier molecular flexibility index (Phi) is 5.98. The minimum atomic E-state index is -0.370. The topological polar surface area (TPSA) is 61.4 Å². The molecule has 23 heavy (non-hydrogen) atoms. The Morgan fingerprint density at radius 2 is 1.96 bits per heavy atom. The first kappa shape index (κ1) is 17.7. The Hall–Kier alpha value is -1.63. The lowest BCUT2D eigenvalue weighted by Crippen LogP contribution is -2.48. The van der Waals surface area contributed by atoms with Crippen LogP contribution < -0.4 is 10.6 Å². The summed E-state index contributed by atoms with van der Waals surface area (Å²) in [6.45, 7) is 5.09. The summed E-state index contributed by atoms with van der Waals surface area (Å²) in [5, 5.41) is 5.59. The Morgan fingerprint density at radius 3 is 2.52 bits per heavy atom. The maximum atomic E-state index is 13.0. The van der Waals surface area contributed by atoms with E-state index in [1.54, 1.807) is 0 Å². The maximum Gasteiger partial charge on any atom is 0.319 e. The van der Waals surface area contributed by atoms with Crippen molar-refractivity contribution in [3.8, 4) is 0 Å². The number of anilines is 1. The van der Waals surface area contributed by atoms with Crippen molar-refractivity contribution in [1.82, 2.24) is 10.2 Å². The van der Waals surface area contributed by atoms with Crippen molar-refractivity contribution >= 4 is 33.6 Å². The van der Waals surface area contributed by atoms with Gasteiger partial charge in [0.2, 0.25) is 5.91 Å². The quantitative estimate of drug-likeness (QED) is 0.837. The fourth-order valence-corrected chi connectivity index (χ4v) is 2.99. The lowest BCUT2D eigenvalue weighted by Gasteiger charge is -2.33. The van der Waals surface area contributed by atoms with Gasteiger partial charge in [0.25, 0.3) is 0 Å². The summed E-state index contributed by atoms with van der Waals surface area (Å²) >= 11 is 3.21. The van der Waals surface area contributed by atoms with Crippen molar-refractivity contribution < 1.29 is 14.0 Å². The minimum Gasteiger partial charge on any atom is -0.342 e. The zero-order chi connectivity index (χ0) is 17.0. The number of carbonyl (C=O) groups excluding carboxylic acids is 2. The molecule has 0 bridgehead atoms. The van der Waals surface area contributed by atoms with Crippen LogP contribution in [0.15, 0.2) is 22.7 Å². The molecule has 0 unspecified atom stereocenters. The number of likely N-dealkylation sites (tertiary alicyclic amines) is 1. The number of amides is 3. The van der Waals surface area contributed by atoms with Gasteiger partial charge < -0.3 is 15.5 Å². The van der Waals surface area contributed by atoms with Crippen LogP contribution in [0.4, 0.5) is 14.9 Å². The Bertz CT molecular complexity index is 587. The molecular weight excluding hydrogens is 365 g/mol. The molecule has 0 aliphatic carbocycles. The lowest BCUT2D eigenvalue weighted by atomic mass is 10.0. The van der Waals surface area contributed by atoms with E-state index in [-0.39, 0.29) is 29.7 Å². The number of rotatable bonds is 3. The molecule has 0 atom stereocenters. The molecule has 0 radical (unpaired) electrons. The smallest absolute Gasteiger partial charge is 0.319 e. The number of nitrogens with zero attached hydrogens (tertiary/aromatic N) is 1. The summed E-state index contributed by atoms with van der Waals surface area (Å²) in [5.41, 5.74) is 0.510. The first-order valence-corrected chi connectivity index (χ1v) is 8.47. The van der Waals surface area contributed by atoms with Crippen LogP contribution in [0.25, 0.3) is 0 Å². The van der Waals surface area contributed by atoms with Gasteiger partial charge in [-0.1, -0.05) is 13.8 Å². The maximum absolute atomic E-state index is 13.0. The van der Waals surface area contributed by atoms with E-state index in [9.17, 15) is 14.0 Å². The molecule has 1 aliphatic rings. The molecule has 5 nitrogen and oxygen atoms in total. The van der Waals surface area contributed by atoms with E-state index >= 15 is 0 Å². The van der Waals surface area contributed by atoms with Gasteiger partial charge >= 0.3 is 6.03 Å². The fourth-order valence-electron chi connectivity index (χ4n) is 2.54. The van der Waals surface area contributed by atoms with E-state index in [0.29, 0.717) is 23.2 Å². The van der Waals surface area contributed by atoms with E-state index in [0.717, 1.165) is 12.8 Å². The van der Waals surface area contributed by atoms with Gasteiger partial charge in [-0.3, -0.25) is 4.79 Å². The van der Waals surface area contributed by atoms with Gasteiger partial charge in [-0.25, -0.2) is 9.18 Å². The summed E-state index contributed by atoms with van der Waals surface area (Å²) in [5.74, 6) is -0.216. The molecule has 126 valence electrons. The molecule has 2 rings (SSSR count). The van der Waals surface area contributed by atoms with Crippen LogP contribution in [0, 0.1) is 11.7 Å². The van der Waals surface area contributed by atoms with Gasteiger partial charge in [0, 0.05) is 29.5 Å². The molecule has 3 amide bonds. The highest BCUT2D eigenvalue weighted by molar-refractivity contribution is 9.10. The Balaban J connectivity index is 1.82. The molecule has 1 aliphatic heterocycles. The number of hydrogen-bond donors (Lipinski definition) is 2. The molecule has 2 N–H and O–H groups in total. The highest BCUT2D eigenvalue weighted by atomic mass is 79.9. The van der Waals surface area contributed by atoms with Crippen LogP contribution in [0.3, 0.4) is 0 Å². The zero-order valence-electron chi connectivity index (χ0n) is 13.2. The largest absolute Gasteiger partial charge is 0.342 e. The molecule has 0 aromatic heterocycles. The number of benzene rings is 1. The monoisotopic (exact) mass is 385 g/mol. The van der Waals surface area contributed by atoms with E-state index in [1.807, 2.05) is 18.7 Å². The molecule has 0 spiro atoms. The molecular formula is C16H21BrFN3O2. The molecule has 7 heteroatoms. The lowest BCUT2D eigenvalue weighted by molar-refractivity contribution is -0.135. The van der Waals surface area contributed by atoms with Crippen molar-refractivity contribution in [2.24, 2.45) is 5.92 Å². The Labute approximate surface area is 143 Å². The second-order valence-corrected chi connectivity index (χ2v) is 6.83. The predicted octanol–water partition coefficient (Wildman–Crippen LogP) is 3.36. The highest BCUT2D eigenvalue weighted by Crippen LogP contribution is 2.23. The molecule has 1 aromatic carbocycles. The summed E-state index contributed by atoms with van der Waals surface area (Å²) in [6, 6.07) is 3.79. The number of halogens is 2. The third kappa shape index (κ3) is 4.92. The van der Waals surface area contributed by atoms with Crippen LogP contribution in [-0.4, -0.2) is 36.0 Å². The van der Waals surface area contributed by atoms with Crippen LogP contribution in [0.5, 0.6) is 0 Å². The molecule has 1 saturated heterocycles. The standard InChI is InChI=1S/C16H21BrFN3O2/c1-10(2)15(22)21-7-5-12(6-8-21)19-16(23)20-14-4-3-11(18)9-13(14)17/h3-4,9-10,12H,5-8H2,1-2H3,(H2,19,20,23). The fraction of sp³-hybridized carbons (Fsp3) is 0.500. The first-order valence-electron chi connectivity index (χ1n) is 7.68. The second-order valence-electron chi connectivity index (χ2n) is 5.98. The SMILES string of the molecule is CC(C)C(=O)N1CCC(NC(=O)Nc2ccc(F)cc2Br)CC1. The number of nitrogens with one attached hydrogen (secondary N) is 2. The zero-order valence-corrected chi connectivity index (χ0v) is 14.8. The Morgan fingerprint density at radius 1 is 1.30 bits per heavy atom.